The molecule has 4 rings (SSSR count). The molecule has 1 aliphatic carbocycles. The van der Waals surface area contributed by atoms with Gasteiger partial charge in [-0.3, -0.25) is 0 Å². The zero-order chi connectivity index (χ0) is 19.0. The van der Waals surface area contributed by atoms with Crippen LogP contribution in [0.2, 0.25) is 0 Å². The summed E-state index contributed by atoms with van der Waals surface area (Å²) in [4.78, 5) is 12.0. The summed E-state index contributed by atoms with van der Waals surface area (Å²) in [6.07, 6.45) is 4.05. The maximum Gasteiger partial charge on any atom is 0.136 e. The molecule has 27 heavy (non-hydrogen) atoms. The SMILES string of the molecule is CC[C@@H](C)Nc1cc(N2CCc3cc([C@H](C)O)ccc3C2)nc(C2CC2)n1. The van der Waals surface area contributed by atoms with Crippen LogP contribution in [0, 0.1) is 0 Å². The van der Waals surface area contributed by atoms with Gasteiger partial charge in [-0.15, -0.1) is 0 Å². The Morgan fingerprint density at radius 2 is 2.00 bits per heavy atom. The van der Waals surface area contributed by atoms with Crippen molar-refractivity contribution >= 4 is 11.6 Å². The minimum atomic E-state index is -0.412. The topological polar surface area (TPSA) is 61.3 Å². The highest BCUT2D eigenvalue weighted by Crippen LogP contribution is 2.39. The maximum absolute atomic E-state index is 9.83. The number of aromatic nitrogens is 2. The zero-order valence-corrected chi connectivity index (χ0v) is 16.6. The molecule has 0 spiro atoms. The number of aliphatic hydroxyl groups is 1. The van der Waals surface area contributed by atoms with E-state index in [-0.39, 0.29) is 0 Å². The molecule has 1 aromatic heterocycles. The molecular formula is C22H30N4O. The lowest BCUT2D eigenvalue weighted by Crippen LogP contribution is -2.31. The average molecular weight is 367 g/mol. The molecule has 2 heterocycles. The number of aliphatic hydroxyl groups excluding tert-OH is 1. The highest BCUT2D eigenvalue weighted by Gasteiger charge is 2.28. The van der Waals surface area contributed by atoms with Gasteiger partial charge in [0.05, 0.1) is 6.10 Å². The average Bonchev–Trinajstić information content (AvgIpc) is 3.52. The fourth-order valence-corrected chi connectivity index (χ4v) is 3.60. The van der Waals surface area contributed by atoms with E-state index >= 15 is 0 Å². The Kier molecular flexibility index (Phi) is 5.04. The quantitative estimate of drug-likeness (QED) is 0.803. The summed E-state index contributed by atoms with van der Waals surface area (Å²) >= 11 is 0. The lowest BCUT2D eigenvalue weighted by atomic mass is 9.96. The smallest absolute Gasteiger partial charge is 0.136 e. The van der Waals surface area contributed by atoms with Gasteiger partial charge in [-0.2, -0.15) is 0 Å². The van der Waals surface area contributed by atoms with Gasteiger partial charge >= 0.3 is 0 Å². The number of fused-ring (bicyclic) bond motifs is 1. The van der Waals surface area contributed by atoms with Gasteiger partial charge < -0.3 is 15.3 Å². The van der Waals surface area contributed by atoms with E-state index < -0.39 is 6.10 Å². The van der Waals surface area contributed by atoms with Gasteiger partial charge in [-0.1, -0.05) is 25.1 Å². The minimum Gasteiger partial charge on any atom is -0.389 e. The van der Waals surface area contributed by atoms with E-state index in [0.717, 1.165) is 49.0 Å². The lowest BCUT2D eigenvalue weighted by Gasteiger charge is -2.31. The molecular weight excluding hydrogens is 336 g/mol. The molecule has 0 radical (unpaired) electrons. The third-order valence-electron chi connectivity index (χ3n) is 5.73. The Morgan fingerprint density at radius 3 is 2.70 bits per heavy atom. The molecule has 0 amide bonds. The van der Waals surface area contributed by atoms with Gasteiger partial charge in [0.15, 0.2) is 0 Å². The van der Waals surface area contributed by atoms with Crippen LogP contribution >= 0.6 is 0 Å². The Labute approximate surface area is 161 Å². The Balaban J connectivity index is 1.59. The van der Waals surface area contributed by atoms with E-state index in [1.807, 2.05) is 13.0 Å². The molecule has 1 saturated carbocycles. The second-order valence-corrected chi connectivity index (χ2v) is 8.07. The molecule has 2 aliphatic rings. The highest BCUT2D eigenvalue weighted by atomic mass is 16.3. The molecule has 1 fully saturated rings. The Morgan fingerprint density at radius 1 is 1.19 bits per heavy atom. The fraction of sp³-hybridized carbons (Fsp3) is 0.545. The maximum atomic E-state index is 9.83. The summed E-state index contributed by atoms with van der Waals surface area (Å²) in [6, 6.07) is 8.86. The van der Waals surface area contributed by atoms with Crippen LogP contribution in [0.4, 0.5) is 11.6 Å². The molecule has 1 aliphatic heterocycles. The van der Waals surface area contributed by atoms with Crippen LogP contribution in [0.5, 0.6) is 0 Å². The van der Waals surface area contributed by atoms with Crippen molar-refractivity contribution in [2.45, 2.75) is 71.1 Å². The number of nitrogens with one attached hydrogen (secondary N) is 1. The molecule has 5 nitrogen and oxygen atoms in total. The highest BCUT2D eigenvalue weighted by molar-refractivity contribution is 5.52. The number of benzene rings is 1. The molecule has 0 unspecified atom stereocenters. The number of hydrogen-bond donors (Lipinski definition) is 2. The Bertz CT molecular complexity index is 816. The summed E-state index contributed by atoms with van der Waals surface area (Å²) in [6.45, 7) is 8.00. The largest absolute Gasteiger partial charge is 0.389 e. The predicted octanol–water partition coefficient (Wildman–Crippen LogP) is 4.18. The standard InChI is InChI=1S/C22H30N4O/c1-4-14(2)23-20-12-21(25-22(24-20)16-5-6-16)26-10-9-18-11-17(15(3)27)7-8-19(18)13-26/h7-8,11-12,14-16,27H,4-6,9-10,13H2,1-3H3,(H,23,24,25)/t14-,15+/m1/s1. The zero-order valence-electron chi connectivity index (χ0n) is 16.6. The number of nitrogens with zero attached hydrogens (tertiary/aromatic N) is 3. The van der Waals surface area contributed by atoms with E-state index in [0.29, 0.717) is 12.0 Å². The predicted molar refractivity (Wildman–Crippen MR) is 109 cm³/mol. The summed E-state index contributed by atoms with van der Waals surface area (Å²) in [5, 5.41) is 13.4. The molecule has 0 saturated heterocycles. The first-order chi connectivity index (χ1) is 13.0. The van der Waals surface area contributed by atoms with Gasteiger partial charge in [0.1, 0.15) is 17.5 Å². The normalized spacial score (nSPS) is 18.7. The van der Waals surface area contributed by atoms with Crippen LogP contribution in [0.1, 0.15) is 74.6 Å². The Hall–Kier alpha value is -2.14. The number of hydrogen-bond acceptors (Lipinski definition) is 5. The monoisotopic (exact) mass is 366 g/mol. The molecule has 1 aromatic carbocycles. The van der Waals surface area contributed by atoms with Crippen molar-refractivity contribution in [2.24, 2.45) is 0 Å². The fourth-order valence-electron chi connectivity index (χ4n) is 3.60. The van der Waals surface area contributed by atoms with Crippen LogP contribution in [0.3, 0.4) is 0 Å². The van der Waals surface area contributed by atoms with E-state index in [9.17, 15) is 5.11 Å². The van der Waals surface area contributed by atoms with Crippen molar-refractivity contribution in [3.05, 3.63) is 46.8 Å². The summed E-state index contributed by atoms with van der Waals surface area (Å²) in [7, 11) is 0. The third-order valence-corrected chi connectivity index (χ3v) is 5.73. The van der Waals surface area contributed by atoms with Gasteiger partial charge in [-0.25, -0.2) is 9.97 Å². The number of rotatable bonds is 6. The molecule has 0 bridgehead atoms. The van der Waals surface area contributed by atoms with Crippen molar-refractivity contribution in [3.63, 3.8) is 0 Å². The van der Waals surface area contributed by atoms with Crippen LogP contribution in [-0.2, 0) is 13.0 Å². The number of anilines is 2. The lowest BCUT2D eigenvalue weighted by molar-refractivity contribution is 0.199. The second kappa shape index (κ2) is 7.47. The van der Waals surface area contributed by atoms with Crippen LogP contribution in [-0.4, -0.2) is 27.7 Å². The van der Waals surface area contributed by atoms with Crippen LogP contribution < -0.4 is 10.2 Å². The first-order valence-electron chi connectivity index (χ1n) is 10.2. The van der Waals surface area contributed by atoms with Gasteiger partial charge in [0, 0.05) is 31.1 Å². The van der Waals surface area contributed by atoms with E-state index in [4.69, 9.17) is 9.97 Å². The molecule has 5 heteroatoms. The van der Waals surface area contributed by atoms with E-state index in [1.54, 1.807) is 0 Å². The molecule has 2 aromatic rings. The minimum absolute atomic E-state index is 0.403. The summed E-state index contributed by atoms with van der Waals surface area (Å²) < 4.78 is 0. The van der Waals surface area contributed by atoms with Crippen molar-refractivity contribution in [1.82, 2.24) is 9.97 Å². The van der Waals surface area contributed by atoms with Crippen molar-refractivity contribution in [2.75, 3.05) is 16.8 Å². The van der Waals surface area contributed by atoms with Crippen LogP contribution in [0.25, 0.3) is 0 Å². The van der Waals surface area contributed by atoms with Crippen molar-refractivity contribution in [1.29, 1.82) is 0 Å². The summed E-state index contributed by atoms with van der Waals surface area (Å²) in [5.74, 6) is 3.51. The second-order valence-electron chi connectivity index (χ2n) is 8.07. The van der Waals surface area contributed by atoms with Crippen molar-refractivity contribution < 1.29 is 5.11 Å². The van der Waals surface area contributed by atoms with Gasteiger partial charge in [0.25, 0.3) is 0 Å². The third kappa shape index (κ3) is 4.08. The van der Waals surface area contributed by atoms with Crippen LogP contribution in [0.15, 0.2) is 24.3 Å². The molecule has 144 valence electrons. The van der Waals surface area contributed by atoms with Crippen molar-refractivity contribution in [3.8, 4) is 0 Å². The van der Waals surface area contributed by atoms with E-state index in [2.05, 4.69) is 42.3 Å². The first-order valence-corrected chi connectivity index (χ1v) is 10.2. The molecule has 2 N–H and O–H groups in total. The molecule has 2 atom stereocenters. The van der Waals surface area contributed by atoms with Gasteiger partial charge in [-0.05, 0) is 56.2 Å². The first kappa shape index (κ1) is 18.2. The summed E-state index contributed by atoms with van der Waals surface area (Å²) in [5.41, 5.74) is 3.67. The van der Waals surface area contributed by atoms with Gasteiger partial charge in [0.2, 0.25) is 0 Å². The van der Waals surface area contributed by atoms with E-state index in [1.165, 1.54) is 24.0 Å².